The fourth-order valence-electron chi connectivity index (χ4n) is 6.19. The Kier molecular flexibility index (Phi) is 37.2. The zero-order chi connectivity index (χ0) is 46.3. The lowest BCUT2D eigenvalue weighted by atomic mass is 10.4. The fourth-order valence-corrected chi connectivity index (χ4v) is 30.6. The highest BCUT2D eigenvalue weighted by molar-refractivity contribution is 6.86. The van der Waals surface area contributed by atoms with E-state index in [0.29, 0.717) is 91.2 Å². The number of aliphatic hydroxyl groups is 2. The van der Waals surface area contributed by atoms with E-state index in [9.17, 15) is 5.11 Å². The van der Waals surface area contributed by atoms with Gasteiger partial charge < -0.3 is 83.0 Å². The molecule has 1 aliphatic rings. The number of hydrogen-bond donors (Lipinski definition) is 2. The van der Waals surface area contributed by atoms with Crippen LogP contribution in [0.1, 0.15) is 41.0 Å². The molecule has 0 aromatic rings. The molecule has 0 aromatic heterocycles. The zero-order valence-electron chi connectivity index (χ0n) is 42.2. The topological polar surface area (TPSA) is 214 Å². The minimum absolute atomic E-state index is 0. The first-order chi connectivity index (χ1) is 28.7. The van der Waals surface area contributed by atoms with E-state index in [1.54, 1.807) is 28.4 Å². The number of epoxide rings is 1. The van der Waals surface area contributed by atoms with Crippen molar-refractivity contribution in [2.24, 2.45) is 0 Å². The molecule has 1 saturated heterocycles. The van der Waals surface area contributed by atoms with Crippen molar-refractivity contribution in [3.8, 4) is 0 Å². The molecular formula is C38H93O18Si6+. The molecule has 0 bridgehead atoms. The summed E-state index contributed by atoms with van der Waals surface area (Å²) < 4.78 is 87.9. The molecule has 62 heavy (non-hydrogen) atoms. The van der Waals surface area contributed by atoms with Gasteiger partial charge in [0.2, 0.25) is 0 Å². The lowest BCUT2D eigenvalue weighted by molar-refractivity contribution is 0.00561. The van der Waals surface area contributed by atoms with Crippen molar-refractivity contribution in [3.05, 3.63) is 0 Å². The normalized spacial score (nSPS) is 17.1. The molecule has 1 aliphatic heterocycles. The van der Waals surface area contributed by atoms with E-state index in [0.717, 1.165) is 38.0 Å². The van der Waals surface area contributed by atoms with Crippen molar-refractivity contribution >= 4 is 51.4 Å². The Balaban J connectivity index is -0.00000111. The van der Waals surface area contributed by atoms with Gasteiger partial charge >= 0.3 is 36.2 Å². The smallest absolute Gasteiger partial charge is 0.437 e. The number of ether oxygens (including phenoxy) is 7. The largest absolute Gasteiger partial charge is 1.00 e. The average Bonchev–Trinajstić information content (AvgIpc) is 4.02. The minimum atomic E-state index is -2.94. The van der Waals surface area contributed by atoms with Gasteiger partial charge in [-0.1, -0.05) is 0 Å². The monoisotopic (exact) mass is 1010 g/mol. The Morgan fingerprint density at radius 1 is 0.532 bits per heavy atom. The number of rotatable bonds is 41. The maximum Gasteiger partial charge on any atom is 1.00 e. The van der Waals surface area contributed by atoms with E-state index in [2.05, 4.69) is 52.4 Å². The van der Waals surface area contributed by atoms with Crippen molar-refractivity contribution in [1.29, 1.82) is 0 Å². The predicted octanol–water partition coefficient (Wildman–Crippen LogP) is 5.06. The second-order valence-corrected chi connectivity index (χ2v) is 39.7. The molecule has 0 spiro atoms. The summed E-state index contributed by atoms with van der Waals surface area (Å²) in [5.74, 6) is 0. The fraction of sp³-hybridized carbons (Fsp3) is 1.00. The van der Waals surface area contributed by atoms with Gasteiger partial charge in [-0.15, -0.1) is 0 Å². The maximum atomic E-state index is 9.37. The molecule has 0 aliphatic carbocycles. The van der Waals surface area contributed by atoms with E-state index in [4.69, 9.17) is 72.4 Å². The van der Waals surface area contributed by atoms with Gasteiger partial charge in [-0.25, -0.2) is 0 Å². The summed E-state index contributed by atoms with van der Waals surface area (Å²) in [7, 11) is -7.95. The summed E-state index contributed by atoms with van der Waals surface area (Å²) in [6, 6.07) is 2.90. The lowest BCUT2D eigenvalue weighted by Gasteiger charge is -2.40. The van der Waals surface area contributed by atoms with Gasteiger partial charge in [-0.2, -0.15) is 0 Å². The molecule has 4 atom stereocenters. The Morgan fingerprint density at radius 2 is 0.887 bits per heavy atom. The molecule has 1 heterocycles. The predicted molar refractivity (Wildman–Crippen MR) is 255 cm³/mol. The summed E-state index contributed by atoms with van der Waals surface area (Å²) >= 11 is 0. The van der Waals surface area contributed by atoms with Crippen LogP contribution in [-0.2, 0) is 67.3 Å². The SMILES string of the molecule is CCOCCOCCC[Si](C)(O[Si](C)(C)C)O[Si](CCCOCC(O)CO)(OC)OC.CCOCCOCCC[Si](C)(O[Si](C)(C)C)O[Si](CCCOCC1CO1)(OC)OC.O.[H+]. The quantitative estimate of drug-likeness (QED) is 0.0466. The third-order valence-corrected chi connectivity index (χ3v) is 30.0. The van der Waals surface area contributed by atoms with Crippen molar-refractivity contribution in [2.75, 3.05) is 121 Å². The first-order valence-electron chi connectivity index (χ1n) is 22.1. The van der Waals surface area contributed by atoms with Crippen molar-refractivity contribution < 1.29 is 84.4 Å². The molecule has 376 valence electrons. The summed E-state index contributed by atoms with van der Waals surface area (Å²) in [4.78, 5) is 0. The van der Waals surface area contributed by atoms with Gasteiger partial charge in [-0.05, 0) is 104 Å². The molecule has 0 amide bonds. The van der Waals surface area contributed by atoms with Crippen LogP contribution >= 0.6 is 0 Å². The summed E-state index contributed by atoms with van der Waals surface area (Å²) in [5.41, 5.74) is 0. The molecule has 0 aromatic carbocycles. The van der Waals surface area contributed by atoms with Crippen LogP contribution in [0.25, 0.3) is 0 Å². The van der Waals surface area contributed by atoms with E-state index < -0.39 is 57.5 Å². The van der Waals surface area contributed by atoms with Gasteiger partial charge in [0.15, 0.2) is 16.6 Å². The first-order valence-corrected chi connectivity index (χ1v) is 37.8. The molecule has 0 radical (unpaired) electrons. The van der Waals surface area contributed by atoms with Crippen LogP contribution in [0, 0.1) is 0 Å². The van der Waals surface area contributed by atoms with Crippen molar-refractivity contribution in [3.63, 3.8) is 0 Å². The van der Waals surface area contributed by atoms with Gasteiger partial charge in [0.25, 0.3) is 0 Å². The highest BCUT2D eigenvalue weighted by Crippen LogP contribution is 2.30. The van der Waals surface area contributed by atoms with Crippen LogP contribution < -0.4 is 0 Å². The van der Waals surface area contributed by atoms with Crippen LogP contribution in [0.2, 0.25) is 76.6 Å². The third kappa shape index (κ3) is 34.0. The van der Waals surface area contributed by atoms with Crippen LogP contribution in [0.4, 0.5) is 0 Å². The molecule has 1 fully saturated rings. The Hall–Kier alpha value is 0.581. The van der Waals surface area contributed by atoms with Crippen molar-refractivity contribution in [1.82, 2.24) is 0 Å². The first kappa shape index (κ1) is 64.7. The van der Waals surface area contributed by atoms with Gasteiger partial charge in [0, 0.05) is 80.2 Å². The van der Waals surface area contributed by atoms with E-state index in [1.807, 2.05) is 13.8 Å². The molecule has 24 heteroatoms. The van der Waals surface area contributed by atoms with E-state index in [-0.39, 0.29) is 26.2 Å². The average molecular weight is 1010 g/mol. The highest BCUT2D eigenvalue weighted by Gasteiger charge is 2.50. The lowest BCUT2D eigenvalue weighted by Crippen LogP contribution is -2.57. The zero-order valence-corrected chi connectivity index (χ0v) is 47.2. The molecule has 0 saturated carbocycles. The number of hydrogen-bond acceptors (Lipinski definition) is 17. The summed E-state index contributed by atoms with van der Waals surface area (Å²) in [5, 5.41) is 18.2. The Bertz CT molecular complexity index is 1050. The van der Waals surface area contributed by atoms with Crippen LogP contribution in [0.15, 0.2) is 0 Å². The molecule has 4 N–H and O–H groups in total. The third-order valence-electron chi connectivity index (χ3n) is 8.79. The Morgan fingerprint density at radius 3 is 1.23 bits per heavy atom. The van der Waals surface area contributed by atoms with Gasteiger partial charge in [0.1, 0.15) is 12.2 Å². The van der Waals surface area contributed by atoms with Crippen LogP contribution in [-0.4, -0.2) is 200 Å². The second kappa shape index (κ2) is 35.7. The molecular weight excluding hydrogens is 913 g/mol. The standard InChI is InChI=1S/C19H46O9Si3.C19H44O8Si3.H2O/c1-8-24-13-14-25-11-9-15-30(7,27-29(4,5)6)28-31(22-2,23-3)16-10-12-26-18-19(21)17-20;1-8-22-13-14-23-11-9-15-29(7,26-28(4,5)6)27-30(20-2,21-3)16-10-12-24-17-19-18-25-19;/h19-21H,8-18H2,1-7H3;19H,8-18H2,1-7H3;1H2/p+1. The van der Waals surface area contributed by atoms with Gasteiger partial charge in [0.05, 0.1) is 52.9 Å². The van der Waals surface area contributed by atoms with Crippen LogP contribution in [0.5, 0.6) is 0 Å². The maximum absolute atomic E-state index is 9.37. The van der Waals surface area contributed by atoms with E-state index in [1.165, 1.54) is 0 Å². The number of aliphatic hydroxyl groups excluding tert-OH is 2. The molecule has 1 rings (SSSR count). The second-order valence-electron chi connectivity index (χ2n) is 17.1. The molecule has 4 unspecified atom stereocenters. The minimum Gasteiger partial charge on any atom is -0.437 e. The highest BCUT2D eigenvalue weighted by atomic mass is 28.5. The van der Waals surface area contributed by atoms with Crippen LogP contribution in [0.3, 0.4) is 0 Å². The van der Waals surface area contributed by atoms with Crippen molar-refractivity contribution in [2.45, 2.75) is 128 Å². The van der Waals surface area contributed by atoms with E-state index >= 15 is 0 Å². The summed E-state index contributed by atoms with van der Waals surface area (Å²) in [6.45, 7) is 28.7. The molecule has 18 nitrogen and oxygen atoms in total. The Labute approximate surface area is 383 Å². The van der Waals surface area contributed by atoms with Gasteiger partial charge in [-0.3, -0.25) is 0 Å². The summed E-state index contributed by atoms with van der Waals surface area (Å²) in [6.07, 6.45) is 2.61.